The van der Waals surface area contributed by atoms with Crippen molar-refractivity contribution in [2.24, 2.45) is 0 Å². The predicted octanol–water partition coefficient (Wildman–Crippen LogP) is 3.45. The number of esters is 1. The van der Waals surface area contributed by atoms with Crippen molar-refractivity contribution in [3.63, 3.8) is 0 Å². The van der Waals surface area contributed by atoms with Crippen molar-refractivity contribution in [1.29, 1.82) is 0 Å². The molecule has 0 bridgehead atoms. The van der Waals surface area contributed by atoms with Crippen LogP contribution in [0.4, 0.5) is 0 Å². The van der Waals surface area contributed by atoms with Crippen LogP contribution in [0.15, 0.2) is 11.4 Å². The molecule has 2 nitrogen and oxygen atoms in total. The van der Waals surface area contributed by atoms with Gasteiger partial charge in [-0.1, -0.05) is 0 Å². The topological polar surface area (TPSA) is 26.3 Å². The van der Waals surface area contributed by atoms with Gasteiger partial charge in [-0.2, -0.15) is 0 Å². The summed E-state index contributed by atoms with van der Waals surface area (Å²) in [6.07, 6.45) is 0. The van der Waals surface area contributed by atoms with E-state index >= 15 is 0 Å². The van der Waals surface area contributed by atoms with E-state index in [2.05, 4.69) is 0 Å². The van der Waals surface area contributed by atoms with Crippen LogP contribution < -0.4 is 0 Å². The summed E-state index contributed by atoms with van der Waals surface area (Å²) in [5.74, 6) is -0.196. The normalized spacial score (nSPS) is 10.7. The quantitative estimate of drug-likeness (QED) is 0.733. The first-order valence-electron chi connectivity index (χ1n) is 4.37. The maximum Gasteiger partial charge on any atom is 0.348 e. The molecule has 2 aromatic heterocycles. The third-order valence-electron chi connectivity index (χ3n) is 1.98. The molecule has 0 amide bonds. The van der Waals surface area contributed by atoms with Crippen LogP contribution in [0.25, 0.3) is 9.40 Å². The molecule has 0 saturated carbocycles. The Bertz CT molecular complexity index is 467. The number of carbonyl (C=O) groups excluding carboxylic acids is 1. The van der Waals surface area contributed by atoms with Crippen molar-refractivity contribution in [3.8, 4) is 0 Å². The van der Waals surface area contributed by atoms with E-state index in [-0.39, 0.29) is 5.97 Å². The van der Waals surface area contributed by atoms with E-state index in [9.17, 15) is 4.79 Å². The lowest BCUT2D eigenvalue weighted by Gasteiger charge is -1.98. The molecule has 0 spiro atoms. The zero-order valence-electron chi connectivity index (χ0n) is 7.99. The van der Waals surface area contributed by atoms with Crippen molar-refractivity contribution in [2.75, 3.05) is 6.61 Å². The maximum absolute atomic E-state index is 11.5. The van der Waals surface area contributed by atoms with Gasteiger partial charge in [0.15, 0.2) is 0 Å². The molecule has 0 atom stereocenters. The second-order valence-electron chi connectivity index (χ2n) is 2.89. The Morgan fingerprint density at radius 2 is 2.36 bits per heavy atom. The number of rotatable bonds is 2. The molecular weight excluding hydrogens is 216 g/mol. The highest BCUT2D eigenvalue weighted by Crippen LogP contribution is 2.34. The average Bonchev–Trinajstić information content (AvgIpc) is 2.69. The van der Waals surface area contributed by atoms with Gasteiger partial charge in [0.05, 0.1) is 6.61 Å². The summed E-state index contributed by atoms with van der Waals surface area (Å²) in [6, 6.07) is 2.04. The average molecular weight is 226 g/mol. The molecule has 4 heteroatoms. The lowest BCUT2D eigenvalue weighted by atomic mass is 10.3. The predicted molar refractivity (Wildman–Crippen MR) is 60.4 cm³/mol. The monoisotopic (exact) mass is 226 g/mol. The van der Waals surface area contributed by atoms with Gasteiger partial charge in [0.1, 0.15) is 4.88 Å². The summed E-state index contributed by atoms with van der Waals surface area (Å²) in [7, 11) is 0. The third kappa shape index (κ3) is 1.44. The minimum Gasteiger partial charge on any atom is -0.462 e. The molecule has 0 saturated heterocycles. The van der Waals surface area contributed by atoms with Crippen LogP contribution in [0.5, 0.6) is 0 Å². The number of thiophene rings is 2. The highest BCUT2D eigenvalue weighted by molar-refractivity contribution is 7.28. The molecule has 0 radical (unpaired) electrons. The third-order valence-corrected chi connectivity index (χ3v) is 4.38. The Morgan fingerprint density at radius 3 is 3.00 bits per heavy atom. The Hall–Kier alpha value is -0.870. The van der Waals surface area contributed by atoms with Crippen molar-refractivity contribution in [3.05, 3.63) is 21.9 Å². The summed E-state index contributed by atoms with van der Waals surface area (Å²) < 4.78 is 7.37. The van der Waals surface area contributed by atoms with Crippen LogP contribution in [0.2, 0.25) is 0 Å². The van der Waals surface area contributed by atoms with E-state index in [0.29, 0.717) is 6.61 Å². The van der Waals surface area contributed by atoms with Crippen LogP contribution in [-0.2, 0) is 4.74 Å². The van der Waals surface area contributed by atoms with Gasteiger partial charge in [-0.3, -0.25) is 0 Å². The van der Waals surface area contributed by atoms with Crippen LogP contribution in [0, 0.1) is 6.92 Å². The van der Waals surface area contributed by atoms with E-state index in [0.717, 1.165) is 10.4 Å². The van der Waals surface area contributed by atoms with E-state index in [1.165, 1.54) is 20.7 Å². The van der Waals surface area contributed by atoms with Crippen molar-refractivity contribution < 1.29 is 9.53 Å². The molecule has 0 unspecified atom stereocenters. The van der Waals surface area contributed by atoms with Crippen LogP contribution in [-0.4, -0.2) is 12.6 Å². The largest absolute Gasteiger partial charge is 0.462 e. The molecule has 0 N–H and O–H groups in total. The zero-order valence-corrected chi connectivity index (χ0v) is 9.63. The number of aryl methyl sites for hydroxylation is 1. The smallest absolute Gasteiger partial charge is 0.348 e. The fourth-order valence-corrected chi connectivity index (χ4v) is 3.55. The molecule has 2 aromatic rings. The van der Waals surface area contributed by atoms with Gasteiger partial charge < -0.3 is 4.74 Å². The Balaban J connectivity index is 2.47. The number of fused-ring (bicyclic) bond motifs is 1. The van der Waals surface area contributed by atoms with Gasteiger partial charge in [-0.25, -0.2) is 4.79 Å². The second-order valence-corrected chi connectivity index (χ2v) is 4.86. The number of hydrogen-bond donors (Lipinski definition) is 0. The van der Waals surface area contributed by atoms with Crippen LogP contribution in [0.3, 0.4) is 0 Å². The first-order chi connectivity index (χ1) is 6.74. The van der Waals surface area contributed by atoms with Gasteiger partial charge in [0, 0.05) is 9.40 Å². The van der Waals surface area contributed by atoms with E-state index in [1.807, 2.05) is 25.3 Å². The molecule has 0 aliphatic carbocycles. The highest BCUT2D eigenvalue weighted by Gasteiger charge is 2.16. The van der Waals surface area contributed by atoms with Gasteiger partial charge >= 0.3 is 5.97 Å². The van der Waals surface area contributed by atoms with Gasteiger partial charge in [0.2, 0.25) is 0 Å². The first-order valence-corrected chi connectivity index (χ1v) is 6.07. The van der Waals surface area contributed by atoms with Gasteiger partial charge in [-0.05, 0) is 30.9 Å². The lowest BCUT2D eigenvalue weighted by molar-refractivity contribution is 0.0531. The fraction of sp³-hybridized carbons (Fsp3) is 0.300. The van der Waals surface area contributed by atoms with Crippen molar-refractivity contribution >= 4 is 38.0 Å². The summed E-state index contributed by atoms with van der Waals surface area (Å²) in [5, 5.41) is 2.04. The standard InChI is InChI=1S/C10H10O2S2/c1-3-12-10(11)9-6(2)8-7(14-9)4-5-13-8/h4-5H,3H2,1-2H3. The van der Waals surface area contributed by atoms with Crippen LogP contribution >= 0.6 is 22.7 Å². The zero-order chi connectivity index (χ0) is 10.1. The van der Waals surface area contributed by atoms with Gasteiger partial charge in [0.25, 0.3) is 0 Å². The molecule has 0 aromatic carbocycles. The van der Waals surface area contributed by atoms with Gasteiger partial charge in [-0.15, -0.1) is 22.7 Å². The number of ether oxygens (including phenoxy) is 1. The fourth-order valence-electron chi connectivity index (χ4n) is 1.33. The van der Waals surface area contributed by atoms with E-state index in [4.69, 9.17) is 4.74 Å². The number of hydrogen-bond acceptors (Lipinski definition) is 4. The minimum absolute atomic E-state index is 0.196. The minimum atomic E-state index is -0.196. The molecular formula is C10H10O2S2. The maximum atomic E-state index is 11.5. The lowest BCUT2D eigenvalue weighted by Crippen LogP contribution is -2.03. The molecule has 0 aliphatic heterocycles. The summed E-state index contributed by atoms with van der Waals surface area (Å²) >= 11 is 3.19. The molecule has 2 rings (SSSR count). The Labute approximate surface area is 90.1 Å². The molecule has 14 heavy (non-hydrogen) atoms. The van der Waals surface area contributed by atoms with E-state index in [1.54, 1.807) is 11.3 Å². The molecule has 0 aliphatic rings. The Morgan fingerprint density at radius 1 is 1.57 bits per heavy atom. The summed E-state index contributed by atoms with van der Waals surface area (Å²) in [5.41, 5.74) is 1.05. The van der Waals surface area contributed by atoms with E-state index < -0.39 is 0 Å². The second kappa shape index (κ2) is 3.71. The van der Waals surface area contributed by atoms with Crippen molar-refractivity contribution in [1.82, 2.24) is 0 Å². The molecule has 2 heterocycles. The van der Waals surface area contributed by atoms with Crippen molar-refractivity contribution in [2.45, 2.75) is 13.8 Å². The Kier molecular flexibility index (Phi) is 2.56. The highest BCUT2D eigenvalue weighted by atomic mass is 32.1. The molecule has 0 fully saturated rings. The summed E-state index contributed by atoms with van der Waals surface area (Å²) in [6.45, 7) is 4.23. The summed E-state index contributed by atoms with van der Waals surface area (Å²) in [4.78, 5) is 12.3. The number of carbonyl (C=O) groups is 1. The van der Waals surface area contributed by atoms with Crippen LogP contribution in [0.1, 0.15) is 22.2 Å². The SMILES string of the molecule is CCOC(=O)c1sc2ccsc2c1C. The first kappa shape index (κ1) is 9.68. The molecule has 74 valence electrons.